The topological polar surface area (TPSA) is 163 Å². The van der Waals surface area contributed by atoms with Crippen LogP contribution in [0.1, 0.15) is 87.2 Å². The van der Waals surface area contributed by atoms with Gasteiger partial charge in [-0.25, -0.2) is 18.8 Å². The van der Waals surface area contributed by atoms with E-state index in [1.165, 1.54) is 28.0 Å². The van der Waals surface area contributed by atoms with E-state index in [1.54, 1.807) is 57.2 Å². The number of carboxylic acid groups (broad SMARTS) is 1. The highest BCUT2D eigenvalue weighted by Gasteiger charge is 2.68. The first-order valence-electron chi connectivity index (χ1n) is 18.0. The lowest BCUT2D eigenvalue weighted by molar-refractivity contribution is -0.153. The van der Waals surface area contributed by atoms with Crippen molar-refractivity contribution >= 4 is 35.9 Å². The second kappa shape index (κ2) is 15.0. The molecule has 0 spiro atoms. The number of carbonyl (C=O) groups excluding carboxylic acids is 5. The summed E-state index contributed by atoms with van der Waals surface area (Å²) in [6.45, 7) is 4.83. The Morgan fingerprint density at radius 2 is 1.72 bits per heavy atom. The fourth-order valence-electron chi connectivity index (χ4n) is 7.48. The molecule has 13 nitrogen and oxygen atoms in total. The minimum absolute atomic E-state index is 0.0167. The molecule has 6 rings (SSSR count). The predicted molar refractivity (Wildman–Crippen MR) is 188 cm³/mol. The van der Waals surface area contributed by atoms with Gasteiger partial charge in [-0.15, -0.1) is 0 Å². The van der Waals surface area contributed by atoms with Gasteiger partial charge in [0.2, 0.25) is 5.91 Å². The maximum absolute atomic E-state index is 14.9. The second-order valence-electron chi connectivity index (χ2n) is 15.1. The van der Waals surface area contributed by atoms with E-state index in [0.29, 0.717) is 30.4 Å². The van der Waals surface area contributed by atoms with Crippen LogP contribution in [0.25, 0.3) is 0 Å². The Hall–Kier alpha value is -5.27. The largest absolute Gasteiger partial charge is 0.479 e. The summed E-state index contributed by atoms with van der Waals surface area (Å²) in [7, 11) is 0. The Balaban J connectivity index is 1.35. The van der Waals surface area contributed by atoms with Crippen LogP contribution in [0.4, 0.5) is 14.0 Å². The molecule has 5 amide bonds. The molecule has 14 heteroatoms. The lowest BCUT2D eigenvalue weighted by Gasteiger charge is -2.34. The molecule has 3 aliphatic heterocycles. The minimum Gasteiger partial charge on any atom is -0.479 e. The molecule has 2 fully saturated rings. The number of hydrogen-bond donors (Lipinski definition) is 2. The molecule has 282 valence electrons. The van der Waals surface area contributed by atoms with Crippen molar-refractivity contribution in [1.82, 2.24) is 20.0 Å². The van der Waals surface area contributed by atoms with E-state index in [0.717, 1.165) is 11.3 Å². The van der Waals surface area contributed by atoms with E-state index in [9.17, 15) is 38.3 Å². The fraction of sp³-hybridized carbons (Fsp3) is 0.487. The number of allylic oxidation sites excluding steroid dienone is 1. The van der Waals surface area contributed by atoms with Crippen molar-refractivity contribution in [3.8, 4) is 0 Å². The first-order chi connectivity index (χ1) is 25.2. The minimum atomic E-state index is -1.91. The molecule has 0 bridgehead atoms. The number of aliphatic carboxylic acids is 1. The lowest BCUT2D eigenvalue weighted by Crippen LogP contribution is -2.59. The Morgan fingerprint density at radius 3 is 2.42 bits per heavy atom. The number of fused-ring (bicyclic) bond motifs is 3. The third-order valence-electron chi connectivity index (χ3n) is 10.2. The van der Waals surface area contributed by atoms with Crippen LogP contribution in [0.2, 0.25) is 0 Å². The number of nitrogens with zero attached hydrogens (tertiary/aromatic N) is 3. The standard InChI is InChI=1S/C39H45FN4O9/c1-38(2,3)53-36(50)41-30-18-11-6-4-5-10-16-26-20-39(26,35(48)49)44(32(45)24-13-8-7-9-14-24)34(47)31-19-27(22-43(31)33(30)46)52-37(51)42-21-25-15-12-17-29(40)28(25)23-42/h7-10,12-17,26-27,30-31H,4-6,11,18-23H2,1-3H3,(H,41,50)(H,48,49)/t26-,27-,30+,31+,39-/m1/s1. The maximum atomic E-state index is 14.9. The van der Waals surface area contributed by atoms with E-state index in [2.05, 4.69) is 5.32 Å². The average Bonchev–Trinajstić information content (AvgIpc) is 3.41. The van der Waals surface area contributed by atoms with Crippen LogP contribution in [-0.2, 0) is 36.9 Å². The highest BCUT2D eigenvalue weighted by molar-refractivity contribution is 6.11. The molecule has 2 N–H and O–H groups in total. The molecule has 1 saturated heterocycles. The first-order valence-corrected chi connectivity index (χ1v) is 18.0. The molecule has 0 aromatic heterocycles. The van der Waals surface area contributed by atoms with E-state index in [1.807, 2.05) is 6.08 Å². The van der Waals surface area contributed by atoms with Crippen LogP contribution >= 0.6 is 0 Å². The predicted octanol–water partition coefficient (Wildman–Crippen LogP) is 5.17. The first kappa shape index (κ1) is 37.5. The van der Waals surface area contributed by atoms with Crippen molar-refractivity contribution < 1.29 is 47.7 Å². The summed E-state index contributed by atoms with van der Waals surface area (Å²) in [4.78, 5) is 86.5. The number of benzene rings is 2. The van der Waals surface area contributed by atoms with Gasteiger partial charge in [-0.05, 0) is 70.2 Å². The third-order valence-corrected chi connectivity index (χ3v) is 10.2. The number of alkyl carbamates (subject to hydrolysis) is 1. The van der Waals surface area contributed by atoms with Gasteiger partial charge < -0.3 is 24.8 Å². The van der Waals surface area contributed by atoms with Gasteiger partial charge in [0, 0.05) is 30.0 Å². The number of halogens is 1. The highest BCUT2D eigenvalue weighted by Crippen LogP contribution is 2.51. The van der Waals surface area contributed by atoms with Crippen LogP contribution < -0.4 is 5.32 Å². The molecule has 0 unspecified atom stereocenters. The molecule has 53 heavy (non-hydrogen) atoms. The summed E-state index contributed by atoms with van der Waals surface area (Å²) >= 11 is 0. The van der Waals surface area contributed by atoms with Crippen LogP contribution in [0.3, 0.4) is 0 Å². The Labute approximate surface area is 307 Å². The Bertz CT molecular complexity index is 1810. The van der Waals surface area contributed by atoms with Crippen molar-refractivity contribution in [2.45, 2.75) is 108 Å². The van der Waals surface area contributed by atoms with Gasteiger partial charge in [0.25, 0.3) is 11.8 Å². The fourth-order valence-corrected chi connectivity index (χ4v) is 7.48. The molecule has 0 radical (unpaired) electrons. The SMILES string of the molecule is CC(C)(C)OC(=O)N[C@H]1CCCCCC=C[C@@H]2C[C@@]2(C(=O)O)N(C(=O)c2ccccc2)C(=O)[C@@H]2C[C@@H](OC(=O)N3Cc4cccc(F)c4C3)CN2C1=O. The number of ether oxygens (including phenoxy) is 2. The summed E-state index contributed by atoms with van der Waals surface area (Å²) < 4.78 is 25.8. The summed E-state index contributed by atoms with van der Waals surface area (Å²) in [6, 6.07) is 9.83. The molecule has 1 aliphatic carbocycles. The van der Waals surface area contributed by atoms with Gasteiger partial charge in [0.15, 0.2) is 5.54 Å². The van der Waals surface area contributed by atoms with Crippen molar-refractivity contribution in [3.05, 3.63) is 83.2 Å². The summed E-state index contributed by atoms with van der Waals surface area (Å²) in [5.74, 6) is -4.93. The molecule has 2 aromatic carbocycles. The van der Waals surface area contributed by atoms with Gasteiger partial charge in [-0.1, -0.05) is 55.3 Å². The average molecular weight is 733 g/mol. The monoisotopic (exact) mass is 732 g/mol. The van der Waals surface area contributed by atoms with Crippen molar-refractivity contribution in [2.75, 3.05) is 6.54 Å². The number of imide groups is 1. The van der Waals surface area contributed by atoms with E-state index >= 15 is 0 Å². The zero-order chi connectivity index (χ0) is 38.1. The number of nitrogens with one attached hydrogen (secondary N) is 1. The molecule has 1 saturated carbocycles. The highest BCUT2D eigenvalue weighted by atomic mass is 19.1. The number of hydrogen-bond acceptors (Lipinski definition) is 8. The van der Waals surface area contributed by atoms with E-state index < -0.39 is 76.9 Å². The maximum Gasteiger partial charge on any atom is 0.410 e. The van der Waals surface area contributed by atoms with Crippen LogP contribution in [0.5, 0.6) is 0 Å². The lowest BCUT2D eigenvalue weighted by atomic mass is 10.0. The van der Waals surface area contributed by atoms with Crippen LogP contribution in [0, 0.1) is 11.7 Å². The van der Waals surface area contributed by atoms with Crippen LogP contribution in [-0.4, -0.2) is 91.6 Å². The third kappa shape index (κ3) is 7.91. The zero-order valence-electron chi connectivity index (χ0n) is 30.1. The van der Waals surface area contributed by atoms with Gasteiger partial charge in [-0.2, -0.15) is 0 Å². The Morgan fingerprint density at radius 1 is 0.962 bits per heavy atom. The molecular weight excluding hydrogens is 687 g/mol. The van der Waals surface area contributed by atoms with E-state index in [4.69, 9.17) is 9.47 Å². The molecule has 5 atom stereocenters. The molecule has 2 aromatic rings. The quantitative estimate of drug-likeness (QED) is 0.319. The van der Waals surface area contributed by atoms with E-state index in [-0.39, 0.29) is 44.5 Å². The number of carboxylic acids is 1. The Kier molecular flexibility index (Phi) is 10.6. The molecule has 3 heterocycles. The molecule has 4 aliphatic rings. The summed E-state index contributed by atoms with van der Waals surface area (Å²) in [6.07, 6.45) is 3.41. The van der Waals surface area contributed by atoms with Gasteiger partial charge in [-0.3, -0.25) is 24.2 Å². The smallest absolute Gasteiger partial charge is 0.410 e. The van der Waals surface area contributed by atoms with Crippen molar-refractivity contribution in [1.29, 1.82) is 0 Å². The second-order valence-corrected chi connectivity index (χ2v) is 15.1. The van der Waals surface area contributed by atoms with Gasteiger partial charge in [0.1, 0.15) is 29.6 Å². The van der Waals surface area contributed by atoms with Gasteiger partial charge in [0.05, 0.1) is 13.1 Å². The summed E-state index contributed by atoms with van der Waals surface area (Å²) in [5, 5.41) is 13.3. The number of amides is 5. The van der Waals surface area contributed by atoms with Crippen molar-refractivity contribution in [2.24, 2.45) is 5.92 Å². The van der Waals surface area contributed by atoms with Crippen molar-refractivity contribution in [3.63, 3.8) is 0 Å². The van der Waals surface area contributed by atoms with Gasteiger partial charge >= 0.3 is 18.2 Å². The normalized spacial score (nSPS) is 26.1. The number of carbonyl (C=O) groups is 6. The summed E-state index contributed by atoms with van der Waals surface area (Å²) in [5.41, 5.74) is -1.70. The molecular formula is C39H45FN4O9. The van der Waals surface area contributed by atoms with Crippen LogP contribution in [0.15, 0.2) is 60.7 Å². The zero-order valence-corrected chi connectivity index (χ0v) is 30.1. The number of rotatable bonds is 4.